The number of fused-ring (bicyclic) bond motifs is 3. The van der Waals surface area contributed by atoms with Crippen LogP contribution in [0.15, 0.2) is 48.6 Å². The van der Waals surface area contributed by atoms with Crippen molar-refractivity contribution in [1.29, 1.82) is 0 Å². The molecule has 5 aliphatic rings. The van der Waals surface area contributed by atoms with E-state index < -0.39 is 30.1 Å². The van der Waals surface area contributed by atoms with Crippen molar-refractivity contribution in [2.24, 2.45) is 11.8 Å². The van der Waals surface area contributed by atoms with Gasteiger partial charge in [0.05, 0.1) is 19.2 Å². The summed E-state index contributed by atoms with van der Waals surface area (Å²) >= 11 is 6.41. The summed E-state index contributed by atoms with van der Waals surface area (Å²) in [6.45, 7) is 3.74. The smallest absolute Gasteiger partial charge is 0.325 e. The number of halogens is 1. The van der Waals surface area contributed by atoms with Crippen molar-refractivity contribution in [2.75, 3.05) is 26.7 Å². The Labute approximate surface area is 291 Å². The van der Waals surface area contributed by atoms with Gasteiger partial charge in [-0.3, -0.25) is 28.8 Å². The van der Waals surface area contributed by atoms with Gasteiger partial charge in [0.25, 0.3) is 0 Å². The second-order valence-corrected chi connectivity index (χ2v) is 14.0. The number of nitrogens with zero attached hydrogens (tertiary/aromatic N) is 4. The maximum atomic E-state index is 14.6. The van der Waals surface area contributed by atoms with E-state index >= 15 is 0 Å². The highest BCUT2D eigenvalue weighted by Crippen LogP contribution is 2.39. The SMILES string of the molecule is CC[C@@H]1C=C[C@H]2CCN(C(=O)[C@@H]3CC[C@@H]4C=C[C@H]5CCN(C(=O)[C@H](Cc6ccccc6Cl)NC(C)=O)[C@@H]5C(=O)N43)[C@@H]2C(=O)N1CC(=O)OC. The van der Waals surface area contributed by atoms with Crippen LogP contribution in [0.2, 0.25) is 5.02 Å². The Bertz CT molecular complexity index is 1580. The number of carbonyl (C=O) groups is 6. The van der Waals surface area contributed by atoms with Gasteiger partial charge in [0, 0.05) is 43.3 Å². The second-order valence-electron chi connectivity index (χ2n) is 13.6. The number of esters is 1. The molecule has 5 amide bonds. The molecule has 0 radical (unpaired) electrons. The van der Waals surface area contributed by atoms with E-state index in [4.69, 9.17) is 16.3 Å². The van der Waals surface area contributed by atoms with Crippen LogP contribution in [0.1, 0.15) is 51.5 Å². The summed E-state index contributed by atoms with van der Waals surface area (Å²) in [6, 6.07) is 3.15. The van der Waals surface area contributed by atoms with E-state index in [0.717, 1.165) is 0 Å². The quantitative estimate of drug-likeness (QED) is 0.325. The van der Waals surface area contributed by atoms with Crippen molar-refractivity contribution < 1.29 is 33.5 Å². The highest BCUT2D eigenvalue weighted by atomic mass is 35.5. The van der Waals surface area contributed by atoms with Gasteiger partial charge >= 0.3 is 5.97 Å². The van der Waals surface area contributed by atoms with Crippen LogP contribution >= 0.6 is 11.6 Å². The number of nitrogens with one attached hydrogen (secondary N) is 1. The maximum absolute atomic E-state index is 14.6. The first-order valence-corrected chi connectivity index (χ1v) is 17.6. The molecule has 0 saturated carbocycles. The van der Waals surface area contributed by atoms with Gasteiger partial charge in [-0.05, 0) is 43.7 Å². The molecular weight excluding hydrogens is 650 g/mol. The molecule has 0 aliphatic carbocycles. The van der Waals surface area contributed by atoms with Gasteiger partial charge in [0.15, 0.2) is 0 Å². The number of ether oxygens (including phenoxy) is 1. The molecule has 49 heavy (non-hydrogen) atoms. The zero-order valence-electron chi connectivity index (χ0n) is 28.1. The Morgan fingerprint density at radius 2 is 1.59 bits per heavy atom. The Morgan fingerprint density at radius 3 is 2.27 bits per heavy atom. The molecule has 13 heteroatoms. The highest BCUT2D eigenvalue weighted by molar-refractivity contribution is 6.31. The van der Waals surface area contributed by atoms with Crippen LogP contribution in [0.3, 0.4) is 0 Å². The molecule has 0 aromatic heterocycles. The Kier molecular flexibility index (Phi) is 10.1. The molecule has 5 aliphatic heterocycles. The molecule has 1 aromatic rings. The summed E-state index contributed by atoms with van der Waals surface area (Å²) in [5.41, 5.74) is 0.701. The summed E-state index contributed by atoms with van der Waals surface area (Å²) in [5.74, 6) is -2.63. The summed E-state index contributed by atoms with van der Waals surface area (Å²) in [7, 11) is 1.28. The predicted octanol–water partition coefficient (Wildman–Crippen LogP) is 2.10. The van der Waals surface area contributed by atoms with Crippen LogP contribution < -0.4 is 5.32 Å². The lowest BCUT2D eigenvalue weighted by Crippen LogP contribution is -2.60. The molecule has 1 N–H and O–H groups in total. The topological polar surface area (TPSA) is 137 Å². The van der Waals surface area contributed by atoms with Gasteiger partial charge in [-0.2, -0.15) is 0 Å². The Hall–Kier alpha value is -4.19. The normalized spacial score (nSPS) is 29.6. The fourth-order valence-corrected chi connectivity index (χ4v) is 8.57. The van der Waals surface area contributed by atoms with Crippen molar-refractivity contribution in [3.05, 3.63) is 59.2 Å². The largest absolute Gasteiger partial charge is 0.468 e. The predicted molar refractivity (Wildman–Crippen MR) is 180 cm³/mol. The van der Waals surface area contributed by atoms with E-state index in [-0.39, 0.29) is 66.4 Å². The van der Waals surface area contributed by atoms with Crippen LogP contribution in [0.25, 0.3) is 0 Å². The first kappa shape index (κ1) is 34.7. The number of methoxy groups -OCH3 is 1. The molecular formula is C36H44ClN5O7. The van der Waals surface area contributed by atoms with Crippen molar-refractivity contribution >= 4 is 47.1 Å². The number of hydrogen-bond donors (Lipinski definition) is 1. The van der Waals surface area contributed by atoms with Gasteiger partial charge in [0.1, 0.15) is 30.7 Å². The molecule has 6 rings (SSSR count). The molecule has 8 atom stereocenters. The number of benzene rings is 1. The second kappa shape index (κ2) is 14.3. The third kappa shape index (κ3) is 6.59. The average molecular weight is 694 g/mol. The van der Waals surface area contributed by atoms with E-state index in [2.05, 4.69) is 5.32 Å². The lowest BCUT2D eigenvalue weighted by atomic mass is 9.97. The van der Waals surface area contributed by atoms with E-state index in [9.17, 15) is 28.8 Å². The van der Waals surface area contributed by atoms with Gasteiger partial charge in [0.2, 0.25) is 29.5 Å². The molecule has 0 bridgehead atoms. The summed E-state index contributed by atoms with van der Waals surface area (Å²) in [4.78, 5) is 88.0. The number of rotatable bonds is 8. The molecule has 12 nitrogen and oxygen atoms in total. The number of hydrogen-bond acceptors (Lipinski definition) is 7. The van der Waals surface area contributed by atoms with Gasteiger partial charge in [-0.15, -0.1) is 0 Å². The fourth-order valence-electron chi connectivity index (χ4n) is 8.36. The summed E-state index contributed by atoms with van der Waals surface area (Å²) in [5, 5.41) is 3.24. The molecule has 0 spiro atoms. The van der Waals surface area contributed by atoms with Crippen LogP contribution in [0.4, 0.5) is 0 Å². The molecule has 3 fully saturated rings. The third-order valence-corrected chi connectivity index (χ3v) is 11.1. The van der Waals surface area contributed by atoms with Gasteiger partial charge in [-0.25, -0.2) is 0 Å². The summed E-state index contributed by atoms with van der Waals surface area (Å²) in [6.07, 6.45) is 10.8. The Morgan fingerprint density at radius 1 is 0.918 bits per heavy atom. The molecule has 0 unspecified atom stereocenters. The van der Waals surface area contributed by atoms with Crippen LogP contribution in [-0.4, -0.2) is 118 Å². The number of carbonyl (C=O) groups excluding carboxylic acids is 6. The third-order valence-electron chi connectivity index (χ3n) is 10.8. The fraction of sp³-hybridized carbons (Fsp3) is 0.556. The standard InChI is InChI=1S/C36H44ClN5O7/c1-4-25-11-9-22-16-18-40(31(22)35(47)41(25)20-30(44)49-3)34(46)29-14-13-26-12-10-23-15-17-39(32(23)36(48)42(26)29)33(45)28(38-21(2)43)19-24-7-5-6-8-27(24)37/h5-12,22-23,25-26,28-29,31-32H,4,13-20H2,1-3H3,(H,38,43)/t22-,23-,25+,26-,28-,29-,31-,32-/m0/s1. The molecule has 3 saturated heterocycles. The minimum Gasteiger partial charge on any atom is -0.468 e. The van der Waals surface area contributed by atoms with Crippen molar-refractivity contribution in [3.63, 3.8) is 0 Å². The first-order valence-electron chi connectivity index (χ1n) is 17.2. The number of amides is 5. The molecule has 1 aromatic carbocycles. The average Bonchev–Trinajstić information content (AvgIpc) is 3.79. The van der Waals surface area contributed by atoms with Gasteiger partial charge in [-0.1, -0.05) is 61.0 Å². The van der Waals surface area contributed by atoms with Crippen molar-refractivity contribution in [3.8, 4) is 0 Å². The first-order chi connectivity index (χ1) is 23.5. The number of likely N-dealkylation sites (tertiary alicyclic amines) is 2. The molecule has 262 valence electrons. The van der Waals surface area contributed by atoms with Crippen molar-refractivity contribution in [1.82, 2.24) is 24.9 Å². The van der Waals surface area contributed by atoms with Crippen LogP contribution in [0.5, 0.6) is 0 Å². The van der Waals surface area contributed by atoms with E-state index in [0.29, 0.717) is 55.8 Å². The lowest BCUT2D eigenvalue weighted by Gasteiger charge is -2.37. The lowest BCUT2D eigenvalue weighted by molar-refractivity contribution is -0.155. The van der Waals surface area contributed by atoms with Crippen LogP contribution in [0, 0.1) is 11.8 Å². The van der Waals surface area contributed by atoms with Crippen molar-refractivity contribution in [2.45, 2.75) is 88.6 Å². The minimum absolute atomic E-state index is 0.162. The maximum Gasteiger partial charge on any atom is 0.325 e. The van der Waals surface area contributed by atoms with Crippen LogP contribution in [-0.2, 0) is 39.9 Å². The summed E-state index contributed by atoms with van der Waals surface area (Å²) < 4.78 is 4.87. The van der Waals surface area contributed by atoms with Gasteiger partial charge < -0.3 is 29.7 Å². The minimum atomic E-state index is -0.932. The highest BCUT2D eigenvalue weighted by Gasteiger charge is 2.54. The monoisotopic (exact) mass is 693 g/mol. The zero-order chi connectivity index (χ0) is 35.0. The molecule has 5 heterocycles. The Balaban J connectivity index is 1.24. The van der Waals surface area contributed by atoms with E-state index in [1.54, 1.807) is 32.9 Å². The van der Waals surface area contributed by atoms with E-state index in [1.165, 1.54) is 18.9 Å². The zero-order valence-corrected chi connectivity index (χ0v) is 28.9. The van der Waals surface area contributed by atoms with E-state index in [1.807, 2.05) is 37.3 Å².